The van der Waals surface area contributed by atoms with Crippen LogP contribution in [-0.4, -0.2) is 65.1 Å². The molecule has 1 aromatic heterocycles. The molecule has 1 unspecified atom stereocenters. The average Bonchev–Trinajstić information content (AvgIpc) is 2.67. The highest BCUT2D eigenvalue weighted by atomic mass is 35.5. The Kier molecular flexibility index (Phi) is 5.74. The third-order valence-electron chi connectivity index (χ3n) is 4.17. The molecule has 3 rings (SSSR count). The first-order valence-electron chi connectivity index (χ1n) is 8.07. The molecule has 25 heavy (non-hydrogen) atoms. The molecule has 1 saturated heterocycles. The summed E-state index contributed by atoms with van der Waals surface area (Å²) >= 11 is 6.24. The van der Waals surface area contributed by atoms with Crippen molar-refractivity contribution in [3.05, 3.63) is 29.9 Å². The molecular formula is C16H20ClN5O3. The van der Waals surface area contributed by atoms with E-state index in [4.69, 9.17) is 16.3 Å². The molecule has 0 aliphatic carbocycles. The van der Waals surface area contributed by atoms with Crippen LogP contribution in [0.25, 0.3) is 5.70 Å². The largest absolute Gasteiger partial charge is 0.394 e. The minimum absolute atomic E-state index is 0.000247. The molecule has 0 saturated carbocycles. The van der Waals surface area contributed by atoms with Crippen LogP contribution in [0.5, 0.6) is 0 Å². The number of rotatable bonds is 4. The molecule has 2 aliphatic rings. The summed E-state index contributed by atoms with van der Waals surface area (Å²) in [6.45, 7) is 1.26. The maximum Gasteiger partial charge on any atom is 0.269 e. The van der Waals surface area contributed by atoms with Gasteiger partial charge >= 0.3 is 0 Å². The number of carbonyl (C=O) groups excluding carboxylic acids is 1. The van der Waals surface area contributed by atoms with Crippen molar-refractivity contribution in [2.45, 2.75) is 18.6 Å². The standard InChI is InChI=1S/C16H20ClN5O3/c1-18-16(24)13-4-11(20-8-21-13)12-2-9(3-15(17)22-12)14-6-19-5-10(7-23)25-14/h2,4,8-10,14,19,23H,3,5-7H2,1H3,(H,18,24)/t9?,10-,14-/m0/s1. The number of nitrogens with zero attached hydrogens (tertiary/aromatic N) is 3. The minimum atomic E-state index is -0.294. The van der Waals surface area contributed by atoms with Crippen LogP contribution in [0, 0.1) is 5.92 Å². The fraction of sp³-hybridized carbons (Fsp3) is 0.500. The Bertz CT molecular complexity index is 709. The molecule has 134 valence electrons. The second-order valence-electron chi connectivity index (χ2n) is 5.91. The van der Waals surface area contributed by atoms with E-state index in [1.807, 2.05) is 6.08 Å². The summed E-state index contributed by atoms with van der Waals surface area (Å²) in [5.41, 5.74) is 1.38. The number of aliphatic hydroxyl groups excluding tert-OH is 1. The van der Waals surface area contributed by atoms with E-state index in [2.05, 4.69) is 25.6 Å². The van der Waals surface area contributed by atoms with Crippen LogP contribution in [0.4, 0.5) is 0 Å². The summed E-state index contributed by atoms with van der Waals surface area (Å²) in [5, 5.41) is 15.6. The zero-order valence-corrected chi connectivity index (χ0v) is 14.5. The number of nitrogens with one attached hydrogen (secondary N) is 2. The van der Waals surface area contributed by atoms with Crippen LogP contribution in [0.1, 0.15) is 22.6 Å². The van der Waals surface area contributed by atoms with Gasteiger partial charge in [-0.3, -0.25) is 4.79 Å². The number of carbonyl (C=O) groups is 1. The van der Waals surface area contributed by atoms with Gasteiger partial charge in [-0.15, -0.1) is 0 Å². The summed E-state index contributed by atoms with van der Waals surface area (Å²) in [6.07, 6.45) is 3.49. The van der Waals surface area contributed by atoms with E-state index in [0.717, 1.165) is 0 Å². The third kappa shape index (κ3) is 4.21. The van der Waals surface area contributed by atoms with Crippen molar-refractivity contribution < 1.29 is 14.6 Å². The fourth-order valence-corrected chi connectivity index (χ4v) is 3.16. The summed E-state index contributed by atoms with van der Waals surface area (Å²) in [6, 6.07) is 1.58. The molecule has 3 atom stereocenters. The molecule has 0 spiro atoms. The predicted octanol–water partition coefficient (Wildman–Crippen LogP) is 0.184. The van der Waals surface area contributed by atoms with Crippen molar-refractivity contribution in [1.82, 2.24) is 20.6 Å². The Hall–Kier alpha value is -1.87. The van der Waals surface area contributed by atoms with Crippen LogP contribution < -0.4 is 10.6 Å². The molecule has 9 heteroatoms. The minimum Gasteiger partial charge on any atom is -0.394 e. The summed E-state index contributed by atoms with van der Waals surface area (Å²) in [4.78, 5) is 24.3. The lowest BCUT2D eigenvalue weighted by Crippen LogP contribution is -2.49. The zero-order valence-electron chi connectivity index (χ0n) is 13.8. The molecule has 3 N–H and O–H groups in total. The molecule has 0 bridgehead atoms. The number of hydrogen-bond acceptors (Lipinski definition) is 7. The molecule has 2 aliphatic heterocycles. The van der Waals surface area contributed by atoms with E-state index in [9.17, 15) is 9.90 Å². The first-order valence-corrected chi connectivity index (χ1v) is 8.45. The lowest BCUT2D eigenvalue weighted by molar-refractivity contribution is -0.0753. The third-order valence-corrected chi connectivity index (χ3v) is 4.41. The van der Waals surface area contributed by atoms with Crippen LogP contribution >= 0.6 is 11.6 Å². The Balaban J connectivity index is 1.85. The number of halogens is 1. The average molecular weight is 366 g/mol. The lowest BCUT2D eigenvalue weighted by atomic mass is 9.93. The Labute approximate surface area is 150 Å². The molecule has 3 heterocycles. The monoisotopic (exact) mass is 365 g/mol. The van der Waals surface area contributed by atoms with Crippen LogP contribution in [0.2, 0.25) is 0 Å². The van der Waals surface area contributed by atoms with E-state index in [-0.39, 0.29) is 36.3 Å². The summed E-state index contributed by atoms with van der Waals surface area (Å²) < 4.78 is 5.92. The van der Waals surface area contributed by atoms with Crippen molar-refractivity contribution in [3.63, 3.8) is 0 Å². The van der Waals surface area contributed by atoms with Gasteiger partial charge in [0.1, 0.15) is 17.2 Å². The molecule has 0 radical (unpaired) electrons. The van der Waals surface area contributed by atoms with Gasteiger partial charge in [0.2, 0.25) is 0 Å². The van der Waals surface area contributed by atoms with Crippen molar-refractivity contribution in [2.24, 2.45) is 10.9 Å². The highest BCUT2D eigenvalue weighted by Gasteiger charge is 2.30. The molecule has 8 nitrogen and oxygen atoms in total. The maximum atomic E-state index is 11.8. The van der Waals surface area contributed by atoms with E-state index < -0.39 is 0 Å². The number of amides is 1. The summed E-state index contributed by atoms with van der Waals surface area (Å²) in [7, 11) is 1.54. The Morgan fingerprint density at radius 3 is 3.08 bits per heavy atom. The van der Waals surface area contributed by atoms with E-state index >= 15 is 0 Å². The SMILES string of the molecule is CNC(=O)c1cc(C2=CC([C@@H]3CNC[C@@H](CO)O3)CC(Cl)=N2)ncn1. The van der Waals surface area contributed by atoms with Gasteiger partial charge in [0.25, 0.3) is 5.91 Å². The van der Waals surface area contributed by atoms with Crippen LogP contribution in [0.15, 0.2) is 23.5 Å². The quantitative estimate of drug-likeness (QED) is 0.702. The van der Waals surface area contributed by atoms with E-state index in [0.29, 0.717) is 36.1 Å². The molecule has 0 aromatic carbocycles. The highest BCUT2D eigenvalue weighted by Crippen LogP contribution is 2.29. The predicted molar refractivity (Wildman–Crippen MR) is 93.4 cm³/mol. The number of hydrogen-bond donors (Lipinski definition) is 3. The van der Waals surface area contributed by atoms with Crippen molar-refractivity contribution in [3.8, 4) is 0 Å². The molecule has 1 amide bonds. The van der Waals surface area contributed by atoms with Gasteiger partial charge in [0, 0.05) is 32.5 Å². The highest BCUT2D eigenvalue weighted by molar-refractivity contribution is 6.65. The van der Waals surface area contributed by atoms with Gasteiger partial charge < -0.3 is 20.5 Å². The number of ether oxygens (including phenoxy) is 1. The fourth-order valence-electron chi connectivity index (χ4n) is 2.89. The molecular weight excluding hydrogens is 346 g/mol. The first-order chi connectivity index (χ1) is 12.1. The topological polar surface area (TPSA) is 109 Å². The van der Waals surface area contributed by atoms with E-state index in [1.165, 1.54) is 6.33 Å². The lowest BCUT2D eigenvalue weighted by Gasteiger charge is -2.34. The maximum absolute atomic E-state index is 11.8. The number of morpholine rings is 1. The van der Waals surface area contributed by atoms with Gasteiger partial charge in [0.05, 0.1) is 30.2 Å². The summed E-state index contributed by atoms with van der Waals surface area (Å²) in [5.74, 6) is -0.294. The Morgan fingerprint density at radius 2 is 2.32 bits per heavy atom. The molecule has 1 fully saturated rings. The van der Waals surface area contributed by atoms with Gasteiger partial charge in [0.15, 0.2) is 0 Å². The smallest absolute Gasteiger partial charge is 0.269 e. The van der Waals surface area contributed by atoms with Crippen LogP contribution in [0.3, 0.4) is 0 Å². The van der Waals surface area contributed by atoms with Crippen LogP contribution in [-0.2, 0) is 4.74 Å². The Morgan fingerprint density at radius 1 is 1.48 bits per heavy atom. The van der Waals surface area contributed by atoms with Gasteiger partial charge in [-0.2, -0.15) is 0 Å². The van der Waals surface area contributed by atoms with Crippen molar-refractivity contribution >= 4 is 28.4 Å². The van der Waals surface area contributed by atoms with Crippen molar-refractivity contribution in [1.29, 1.82) is 0 Å². The number of aromatic nitrogens is 2. The normalized spacial score (nSPS) is 26.6. The van der Waals surface area contributed by atoms with Gasteiger partial charge in [-0.05, 0) is 6.07 Å². The molecule has 1 aromatic rings. The van der Waals surface area contributed by atoms with Gasteiger partial charge in [-0.1, -0.05) is 17.7 Å². The van der Waals surface area contributed by atoms with E-state index in [1.54, 1.807) is 13.1 Å². The van der Waals surface area contributed by atoms with Gasteiger partial charge in [-0.25, -0.2) is 15.0 Å². The van der Waals surface area contributed by atoms with Crippen molar-refractivity contribution in [2.75, 3.05) is 26.7 Å². The second kappa shape index (κ2) is 8.01. The zero-order chi connectivity index (χ0) is 17.8. The first kappa shape index (κ1) is 17.9. The number of aliphatic hydroxyl groups is 1. The number of aliphatic imine (C=N–C) groups is 1. The second-order valence-corrected chi connectivity index (χ2v) is 6.35.